The quantitative estimate of drug-likeness (QED) is 0.777. The zero-order valence-electron chi connectivity index (χ0n) is 8.20. The highest BCUT2D eigenvalue weighted by molar-refractivity contribution is 5.75. The molecule has 4 nitrogen and oxygen atoms in total. The summed E-state index contributed by atoms with van der Waals surface area (Å²) in [5.74, 6) is -0.396. The molecule has 1 heterocycles. The van der Waals surface area contributed by atoms with Crippen LogP contribution in [0.5, 0.6) is 0 Å². The second-order valence-electron chi connectivity index (χ2n) is 3.49. The molecule has 0 saturated heterocycles. The first kappa shape index (κ1) is 9.92. The van der Waals surface area contributed by atoms with Crippen LogP contribution in [0.15, 0.2) is 23.0 Å². The Bertz CT molecular complexity index is 544. The molecule has 1 aromatic heterocycles. The molecule has 15 heavy (non-hydrogen) atoms. The highest BCUT2D eigenvalue weighted by Crippen LogP contribution is 2.15. The van der Waals surface area contributed by atoms with Gasteiger partial charge in [0, 0.05) is 0 Å². The van der Waals surface area contributed by atoms with Crippen LogP contribution in [0.2, 0.25) is 0 Å². The van der Waals surface area contributed by atoms with E-state index in [9.17, 15) is 9.18 Å². The van der Waals surface area contributed by atoms with Gasteiger partial charge in [0.2, 0.25) is 0 Å². The Morgan fingerprint density at radius 3 is 3.00 bits per heavy atom. The normalized spacial score (nSPS) is 13.3. The largest absolute Gasteiger partial charge is 0.394 e. The van der Waals surface area contributed by atoms with Gasteiger partial charge in [-0.1, -0.05) is 0 Å². The van der Waals surface area contributed by atoms with Crippen molar-refractivity contribution < 1.29 is 9.50 Å². The average molecular weight is 210 g/mol. The minimum absolute atomic E-state index is 0.135. The van der Waals surface area contributed by atoms with Gasteiger partial charge in [-0.3, -0.25) is 4.57 Å². The number of benzene rings is 1. The predicted molar refractivity (Wildman–Crippen MR) is 54.3 cm³/mol. The highest BCUT2D eigenvalue weighted by atomic mass is 19.1. The van der Waals surface area contributed by atoms with Gasteiger partial charge in [-0.25, -0.2) is 9.18 Å². The van der Waals surface area contributed by atoms with E-state index in [-0.39, 0.29) is 18.3 Å². The second-order valence-corrected chi connectivity index (χ2v) is 3.49. The van der Waals surface area contributed by atoms with Gasteiger partial charge in [-0.2, -0.15) is 0 Å². The molecule has 1 atom stereocenters. The predicted octanol–water partition coefficient (Wildman–Crippen LogP) is 1.02. The van der Waals surface area contributed by atoms with E-state index >= 15 is 0 Å². The van der Waals surface area contributed by atoms with Gasteiger partial charge in [-0.15, -0.1) is 0 Å². The SMILES string of the molecule is CC(CO)n1c(=O)[nH]c2cc(F)ccc21. The third kappa shape index (κ3) is 1.55. The fourth-order valence-electron chi connectivity index (χ4n) is 1.62. The number of hydrogen-bond acceptors (Lipinski definition) is 2. The number of fused-ring (bicyclic) bond motifs is 1. The summed E-state index contributed by atoms with van der Waals surface area (Å²) in [7, 11) is 0. The number of hydrogen-bond donors (Lipinski definition) is 2. The molecule has 0 amide bonds. The third-order valence-corrected chi connectivity index (χ3v) is 2.38. The van der Waals surface area contributed by atoms with Gasteiger partial charge in [-0.05, 0) is 25.1 Å². The summed E-state index contributed by atoms with van der Waals surface area (Å²) >= 11 is 0. The molecular formula is C10H11FN2O2. The standard InChI is InChI=1S/C10H11FN2O2/c1-6(5-14)13-9-3-2-7(11)4-8(9)12-10(13)15/h2-4,6,14H,5H2,1H3,(H,12,15). The van der Waals surface area contributed by atoms with Crippen molar-refractivity contribution in [1.29, 1.82) is 0 Å². The Morgan fingerprint density at radius 1 is 1.60 bits per heavy atom. The first-order valence-electron chi connectivity index (χ1n) is 4.64. The van der Waals surface area contributed by atoms with E-state index in [0.29, 0.717) is 11.0 Å². The Morgan fingerprint density at radius 2 is 2.33 bits per heavy atom. The number of rotatable bonds is 2. The molecule has 5 heteroatoms. The maximum Gasteiger partial charge on any atom is 0.326 e. The van der Waals surface area contributed by atoms with Crippen molar-refractivity contribution >= 4 is 11.0 Å². The van der Waals surface area contributed by atoms with Gasteiger partial charge in [0.25, 0.3) is 0 Å². The van der Waals surface area contributed by atoms with Gasteiger partial charge in [0.05, 0.1) is 23.7 Å². The summed E-state index contributed by atoms with van der Waals surface area (Å²) < 4.78 is 14.3. The van der Waals surface area contributed by atoms with E-state index in [1.807, 2.05) is 0 Å². The molecule has 0 aliphatic heterocycles. The van der Waals surface area contributed by atoms with Gasteiger partial charge < -0.3 is 10.1 Å². The van der Waals surface area contributed by atoms with Crippen LogP contribution < -0.4 is 5.69 Å². The monoisotopic (exact) mass is 210 g/mol. The van der Waals surface area contributed by atoms with Crippen molar-refractivity contribution in [3.05, 3.63) is 34.5 Å². The van der Waals surface area contributed by atoms with E-state index in [1.54, 1.807) is 6.92 Å². The van der Waals surface area contributed by atoms with Gasteiger partial charge in [0.15, 0.2) is 0 Å². The summed E-state index contributed by atoms with van der Waals surface area (Å²) in [5.41, 5.74) is 0.709. The van der Waals surface area contributed by atoms with Crippen LogP contribution in [0, 0.1) is 5.82 Å². The molecule has 2 aromatic rings. The molecule has 1 unspecified atom stereocenters. The van der Waals surface area contributed by atoms with Crippen molar-refractivity contribution in [1.82, 2.24) is 9.55 Å². The number of aromatic nitrogens is 2. The molecular weight excluding hydrogens is 199 g/mol. The van der Waals surface area contributed by atoms with Crippen molar-refractivity contribution in [2.45, 2.75) is 13.0 Å². The zero-order valence-corrected chi connectivity index (χ0v) is 8.20. The maximum absolute atomic E-state index is 12.9. The van der Waals surface area contributed by atoms with Crippen LogP contribution in [-0.2, 0) is 0 Å². The summed E-state index contributed by atoms with van der Waals surface area (Å²) in [6, 6.07) is 3.75. The summed E-state index contributed by atoms with van der Waals surface area (Å²) in [5, 5.41) is 9.00. The van der Waals surface area contributed by atoms with Crippen molar-refractivity contribution in [2.24, 2.45) is 0 Å². The Labute approximate surface area is 85.0 Å². The lowest BCUT2D eigenvalue weighted by Crippen LogP contribution is -2.22. The van der Waals surface area contributed by atoms with E-state index in [0.717, 1.165) is 0 Å². The van der Waals surface area contributed by atoms with Crippen molar-refractivity contribution in [3.63, 3.8) is 0 Å². The Hall–Kier alpha value is -1.62. The zero-order chi connectivity index (χ0) is 11.0. The molecule has 0 spiro atoms. The summed E-state index contributed by atoms with van der Waals surface area (Å²) in [6.07, 6.45) is 0. The third-order valence-electron chi connectivity index (χ3n) is 2.38. The number of imidazole rings is 1. The molecule has 0 radical (unpaired) electrons. The molecule has 0 bridgehead atoms. The lowest BCUT2D eigenvalue weighted by atomic mass is 10.3. The Kier molecular flexibility index (Phi) is 2.32. The van der Waals surface area contributed by atoms with Crippen LogP contribution in [0.3, 0.4) is 0 Å². The first-order valence-corrected chi connectivity index (χ1v) is 4.64. The second kappa shape index (κ2) is 3.51. The van der Waals surface area contributed by atoms with Crippen molar-refractivity contribution in [3.8, 4) is 0 Å². The molecule has 0 fully saturated rings. The smallest absolute Gasteiger partial charge is 0.326 e. The summed E-state index contributed by atoms with van der Waals surface area (Å²) in [4.78, 5) is 14.1. The lowest BCUT2D eigenvalue weighted by molar-refractivity contribution is 0.239. The van der Waals surface area contributed by atoms with E-state index < -0.39 is 5.82 Å². The summed E-state index contributed by atoms with van der Waals surface area (Å²) in [6.45, 7) is 1.59. The molecule has 80 valence electrons. The van der Waals surface area contributed by atoms with Crippen molar-refractivity contribution in [2.75, 3.05) is 6.61 Å². The molecule has 1 aromatic carbocycles. The topological polar surface area (TPSA) is 58.0 Å². The van der Waals surface area contributed by atoms with Crippen LogP contribution in [0.1, 0.15) is 13.0 Å². The molecule has 0 saturated carbocycles. The number of aliphatic hydroxyl groups excluding tert-OH is 1. The highest BCUT2D eigenvalue weighted by Gasteiger charge is 2.12. The number of nitrogens with zero attached hydrogens (tertiary/aromatic N) is 1. The number of aromatic amines is 1. The van der Waals surface area contributed by atoms with E-state index in [1.165, 1.54) is 22.8 Å². The van der Waals surface area contributed by atoms with Gasteiger partial charge in [0.1, 0.15) is 5.82 Å². The van der Waals surface area contributed by atoms with Gasteiger partial charge >= 0.3 is 5.69 Å². The number of aliphatic hydroxyl groups is 1. The first-order chi connectivity index (χ1) is 7.13. The van der Waals surface area contributed by atoms with Crippen LogP contribution >= 0.6 is 0 Å². The minimum atomic E-state index is -0.396. The number of nitrogens with one attached hydrogen (secondary N) is 1. The number of H-pyrrole nitrogens is 1. The van der Waals surface area contributed by atoms with Crippen LogP contribution in [0.4, 0.5) is 4.39 Å². The fourth-order valence-corrected chi connectivity index (χ4v) is 1.62. The van der Waals surface area contributed by atoms with E-state index in [2.05, 4.69) is 4.98 Å². The molecule has 0 aliphatic carbocycles. The fraction of sp³-hybridized carbons (Fsp3) is 0.300. The average Bonchev–Trinajstić information content (AvgIpc) is 2.52. The van der Waals surface area contributed by atoms with Crippen LogP contribution in [-0.4, -0.2) is 21.3 Å². The lowest BCUT2D eigenvalue weighted by Gasteiger charge is -2.09. The minimum Gasteiger partial charge on any atom is -0.394 e. The molecule has 2 N–H and O–H groups in total. The Balaban J connectivity index is 2.74. The molecule has 0 aliphatic rings. The maximum atomic E-state index is 12.9. The van der Waals surface area contributed by atoms with Crippen LogP contribution in [0.25, 0.3) is 11.0 Å². The molecule has 2 rings (SSSR count). The van der Waals surface area contributed by atoms with E-state index in [4.69, 9.17) is 5.11 Å². The number of halogens is 1.